The summed E-state index contributed by atoms with van der Waals surface area (Å²) in [4.78, 5) is 33.6. The SMILES string of the molecule is O=C(CCOC(=O)c1c(I)c(I)c(I)c(I)c1C(=O)O)Oc1c(F)c(F)c(S(=O)(=O)[O-])c(F)c1F. The number of hydrogen-bond acceptors (Lipinski definition) is 8. The number of esters is 2. The number of carboxylic acid groups (broad SMARTS) is 1. The molecule has 0 bridgehead atoms. The van der Waals surface area contributed by atoms with E-state index in [-0.39, 0.29) is 18.3 Å². The average Bonchev–Trinajstić information content (AvgIpc) is 2.74. The predicted molar refractivity (Wildman–Crippen MR) is 139 cm³/mol. The minimum Gasteiger partial charge on any atom is -0.744 e. The van der Waals surface area contributed by atoms with Gasteiger partial charge in [-0.25, -0.2) is 26.8 Å². The second-order valence-electron chi connectivity index (χ2n) is 6.04. The molecule has 0 unspecified atom stereocenters. The molecular weight excluding hydrogens is 964 g/mol. The van der Waals surface area contributed by atoms with Crippen LogP contribution >= 0.6 is 90.4 Å². The summed E-state index contributed by atoms with van der Waals surface area (Å²) in [6.07, 6.45) is -0.910. The third kappa shape index (κ3) is 6.46. The van der Waals surface area contributed by atoms with Gasteiger partial charge in [0.2, 0.25) is 17.4 Å². The molecule has 0 saturated carbocycles. The Morgan fingerprint density at radius 3 is 1.71 bits per heavy atom. The van der Waals surface area contributed by atoms with Gasteiger partial charge in [-0.2, -0.15) is 8.78 Å². The minimum absolute atomic E-state index is 0.251. The molecule has 0 aliphatic rings. The lowest BCUT2D eigenvalue weighted by molar-refractivity contribution is -0.135. The maximum absolute atomic E-state index is 13.9. The summed E-state index contributed by atoms with van der Waals surface area (Å²) in [6, 6.07) is 0. The Labute approximate surface area is 247 Å². The predicted octanol–water partition coefficient (Wildman–Crippen LogP) is 4.42. The van der Waals surface area contributed by atoms with Crippen LogP contribution in [0.4, 0.5) is 17.6 Å². The van der Waals surface area contributed by atoms with E-state index in [0.29, 0.717) is 7.14 Å². The fourth-order valence-corrected chi connectivity index (χ4v) is 6.65. The van der Waals surface area contributed by atoms with Crippen molar-refractivity contribution in [1.29, 1.82) is 0 Å². The molecule has 2 aromatic carbocycles. The molecule has 0 aliphatic carbocycles. The van der Waals surface area contributed by atoms with Crippen LogP contribution in [0.25, 0.3) is 0 Å². The Balaban J connectivity index is 2.23. The van der Waals surface area contributed by atoms with Gasteiger partial charge < -0.3 is 19.1 Å². The molecule has 0 aromatic heterocycles. The van der Waals surface area contributed by atoms with Crippen molar-refractivity contribution in [2.45, 2.75) is 11.3 Å². The molecule has 1 N–H and O–H groups in total. The lowest BCUT2D eigenvalue weighted by atomic mass is 10.1. The number of carbonyl (C=O) groups is 3. The Morgan fingerprint density at radius 2 is 1.29 bits per heavy atom. The second kappa shape index (κ2) is 11.8. The lowest BCUT2D eigenvalue weighted by Crippen LogP contribution is -2.20. The first-order chi connectivity index (χ1) is 16.0. The van der Waals surface area contributed by atoms with Crippen molar-refractivity contribution in [3.05, 3.63) is 48.7 Å². The summed E-state index contributed by atoms with van der Waals surface area (Å²) in [5.74, 6) is -16.2. The topological polar surface area (TPSA) is 147 Å². The number of carbonyl (C=O) groups excluding carboxylic acids is 2. The number of hydrogen-bond donors (Lipinski definition) is 1. The summed E-state index contributed by atoms with van der Waals surface area (Å²) in [6.45, 7) is -0.798. The van der Waals surface area contributed by atoms with E-state index in [1.54, 1.807) is 45.2 Å². The first-order valence-corrected chi connectivity index (χ1v) is 14.0. The fraction of sp³-hybridized carbons (Fsp3) is 0.118. The van der Waals surface area contributed by atoms with Gasteiger partial charge in [0, 0.05) is 14.3 Å². The molecule has 2 aromatic rings. The number of aromatic carboxylic acids is 1. The van der Waals surface area contributed by atoms with E-state index < -0.39 is 75.0 Å². The highest BCUT2D eigenvalue weighted by Crippen LogP contribution is 2.34. The van der Waals surface area contributed by atoms with E-state index in [0.717, 1.165) is 0 Å². The highest BCUT2D eigenvalue weighted by molar-refractivity contribution is 14.1. The molecule has 2 rings (SSSR count). The molecule has 0 saturated heterocycles. The molecule has 35 heavy (non-hydrogen) atoms. The van der Waals surface area contributed by atoms with Crippen LogP contribution in [0.15, 0.2) is 4.90 Å². The first kappa shape index (κ1) is 30.6. The monoisotopic (exact) mass is 969 g/mol. The minimum atomic E-state index is -5.95. The Morgan fingerprint density at radius 1 is 0.829 bits per heavy atom. The average molecular weight is 969 g/mol. The zero-order valence-electron chi connectivity index (χ0n) is 16.1. The van der Waals surface area contributed by atoms with Crippen LogP contribution in [0.2, 0.25) is 0 Å². The van der Waals surface area contributed by atoms with E-state index in [1.165, 1.54) is 0 Å². The maximum atomic E-state index is 13.9. The highest BCUT2D eigenvalue weighted by atomic mass is 127. The van der Waals surface area contributed by atoms with E-state index in [9.17, 15) is 50.0 Å². The van der Waals surface area contributed by atoms with Crippen LogP contribution < -0.4 is 4.74 Å². The van der Waals surface area contributed by atoms with Crippen LogP contribution in [-0.4, -0.2) is 42.6 Å². The van der Waals surface area contributed by atoms with Crippen LogP contribution in [0.5, 0.6) is 5.75 Å². The van der Waals surface area contributed by atoms with Crippen molar-refractivity contribution in [2.75, 3.05) is 6.61 Å². The quantitative estimate of drug-likeness (QED) is 0.0812. The largest absolute Gasteiger partial charge is 0.744 e. The standard InChI is InChI=1S/C17H6F4I4O9S/c18-6-8(20)15(35(30,31)32)9(21)7(19)14(6)34-3(26)1-2-33-17(29)5-4(16(27)28)10(22)12(24)13(25)11(5)23/h1-2H2,(H,27,28)(H,30,31,32)/p-1. The summed E-state index contributed by atoms with van der Waals surface area (Å²) in [7, 11) is -5.95. The van der Waals surface area contributed by atoms with Gasteiger partial charge in [0.15, 0.2) is 11.6 Å². The molecule has 0 heterocycles. The van der Waals surface area contributed by atoms with E-state index in [2.05, 4.69) is 4.74 Å². The zero-order chi connectivity index (χ0) is 27.0. The lowest BCUT2D eigenvalue weighted by Gasteiger charge is -2.15. The molecular formula is C17H5F4I4O9S-. The van der Waals surface area contributed by atoms with E-state index in [1.807, 2.05) is 45.2 Å². The summed E-state index contributed by atoms with van der Waals surface area (Å²) in [5.41, 5.74) is -0.660. The fourth-order valence-electron chi connectivity index (χ4n) is 2.39. The van der Waals surface area contributed by atoms with Crippen LogP contribution in [0, 0.1) is 37.5 Å². The number of ether oxygens (including phenoxy) is 2. The van der Waals surface area contributed by atoms with Gasteiger partial charge in [-0.05, 0) is 90.4 Å². The second-order valence-corrected chi connectivity index (χ2v) is 11.7. The molecule has 0 aliphatic heterocycles. The van der Waals surface area contributed by atoms with Crippen LogP contribution in [0.3, 0.4) is 0 Å². The zero-order valence-corrected chi connectivity index (χ0v) is 25.5. The smallest absolute Gasteiger partial charge is 0.340 e. The van der Waals surface area contributed by atoms with Crippen molar-refractivity contribution < 1.29 is 59.5 Å². The van der Waals surface area contributed by atoms with Gasteiger partial charge in [-0.1, -0.05) is 0 Å². The molecule has 0 amide bonds. The normalized spacial score (nSPS) is 11.3. The van der Waals surface area contributed by atoms with Gasteiger partial charge in [0.1, 0.15) is 21.6 Å². The Bertz CT molecular complexity index is 1350. The van der Waals surface area contributed by atoms with Crippen molar-refractivity contribution >= 4 is 118 Å². The molecule has 0 spiro atoms. The van der Waals surface area contributed by atoms with Crippen molar-refractivity contribution in [2.24, 2.45) is 0 Å². The first-order valence-electron chi connectivity index (χ1n) is 8.31. The number of carboxylic acids is 1. The molecule has 0 radical (unpaired) electrons. The molecule has 0 atom stereocenters. The maximum Gasteiger partial charge on any atom is 0.340 e. The van der Waals surface area contributed by atoms with Gasteiger partial charge in [0.25, 0.3) is 0 Å². The third-order valence-corrected chi connectivity index (χ3v) is 12.1. The van der Waals surface area contributed by atoms with Crippen molar-refractivity contribution in [3.63, 3.8) is 0 Å². The van der Waals surface area contributed by atoms with Crippen molar-refractivity contribution in [1.82, 2.24) is 0 Å². The van der Waals surface area contributed by atoms with Crippen LogP contribution in [0.1, 0.15) is 27.1 Å². The molecule has 190 valence electrons. The summed E-state index contributed by atoms with van der Waals surface area (Å²) >= 11 is 7.25. The van der Waals surface area contributed by atoms with Gasteiger partial charge in [-0.15, -0.1) is 0 Å². The summed E-state index contributed by atoms with van der Waals surface area (Å²) in [5, 5.41) is 9.49. The summed E-state index contributed by atoms with van der Waals surface area (Å²) < 4.78 is 98.5. The number of benzene rings is 2. The molecule has 9 nitrogen and oxygen atoms in total. The number of halogens is 8. The van der Waals surface area contributed by atoms with Gasteiger partial charge in [-0.3, -0.25) is 4.79 Å². The molecule has 18 heteroatoms. The van der Waals surface area contributed by atoms with Gasteiger partial charge >= 0.3 is 17.9 Å². The molecule has 0 fully saturated rings. The Hall–Kier alpha value is -0.600. The van der Waals surface area contributed by atoms with E-state index in [4.69, 9.17) is 4.74 Å². The highest BCUT2D eigenvalue weighted by Gasteiger charge is 2.32. The number of rotatable bonds is 7. The Kier molecular flexibility index (Phi) is 10.4. The van der Waals surface area contributed by atoms with Crippen molar-refractivity contribution in [3.8, 4) is 5.75 Å². The third-order valence-electron chi connectivity index (χ3n) is 3.87. The van der Waals surface area contributed by atoms with Gasteiger partial charge in [0.05, 0.1) is 17.5 Å². The van der Waals surface area contributed by atoms with Crippen LogP contribution in [-0.2, 0) is 19.6 Å². The van der Waals surface area contributed by atoms with E-state index >= 15 is 0 Å².